The third kappa shape index (κ3) is 5.50. The van der Waals surface area contributed by atoms with Gasteiger partial charge in [0.1, 0.15) is 0 Å². The van der Waals surface area contributed by atoms with Gasteiger partial charge in [0.15, 0.2) is 11.5 Å². The van der Waals surface area contributed by atoms with E-state index >= 15 is 0 Å². The summed E-state index contributed by atoms with van der Waals surface area (Å²) in [6.07, 6.45) is 1.83. The van der Waals surface area contributed by atoms with Crippen LogP contribution in [0.3, 0.4) is 0 Å². The average Bonchev–Trinajstić information content (AvgIpc) is 2.76. The molecule has 1 aliphatic heterocycles. The van der Waals surface area contributed by atoms with Crippen molar-refractivity contribution in [3.63, 3.8) is 0 Å². The normalized spacial score (nSPS) is 16.9. The summed E-state index contributed by atoms with van der Waals surface area (Å²) in [6.45, 7) is 8.63. The highest BCUT2D eigenvalue weighted by Crippen LogP contribution is 2.40. The number of nitrogens with zero attached hydrogens (tertiary/aromatic N) is 1. The second-order valence-corrected chi connectivity index (χ2v) is 8.25. The summed E-state index contributed by atoms with van der Waals surface area (Å²) in [5, 5.41) is 6.08. The number of fused-ring (bicyclic) bond motifs is 1. The summed E-state index contributed by atoms with van der Waals surface area (Å²) >= 11 is 0. The lowest BCUT2D eigenvalue weighted by Crippen LogP contribution is -2.50. The zero-order valence-electron chi connectivity index (χ0n) is 19.3. The highest BCUT2D eigenvalue weighted by Gasteiger charge is 2.33. The van der Waals surface area contributed by atoms with Gasteiger partial charge in [0.05, 0.1) is 20.3 Å². The first kappa shape index (κ1) is 22.9. The van der Waals surface area contributed by atoms with Gasteiger partial charge >= 0.3 is 6.03 Å². The zero-order chi connectivity index (χ0) is 22.4. The number of hydrogen-bond acceptors (Lipinski definition) is 4. The Morgan fingerprint density at radius 2 is 1.94 bits per heavy atom. The topological polar surface area (TPSA) is 62.8 Å². The maximum atomic E-state index is 12.4. The average molecular weight is 426 g/mol. The van der Waals surface area contributed by atoms with E-state index in [-0.39, 0.29) is 18.1 Å². The van der Waals surface area contributed by atoms with Gasteiger partial charge in [0, 0.05) is 25.7 Å². The number of ether oxygens (including phenoxy) is 2. The first-order chi connectivity index (χ1) is 15.0. The van der Waals surface area contributed by atoms with Crippen LogP contribution in [0.15, 0.2) is 36.4 Å². The van der Waals surface area contributed by atoms with Crippen LogP contribution in [0.1, 0.15) is 48.6 Å². The molecule has 0 fully saturated rings. The van der Waals surface area contributed by atoms with E-state index in [0.29, 0.717) is 12.3 Å². The fourth-order valence-electron chi connectivity index (χ4n) is 4.41. The first-order valence-electron chi connectivity index (χ1n) is 11.1. The van der Waals surface area contributed by atoms with E-state index < -0.39 is 0 Å². The summed E-state index contributed by atoms with van der Waals surface area (Å²) in [5.41, 5.74) is 4.95. The minimum Gasteiger partial charge on any atom is -0.493 e. The van der Waals surface area contributed by atoms with E-state index in [1.807, 2.05) is 6.92 Å². The molecule has 1 aliphatic rings. The monoisotopic (exact) mass is 425 g/mol. The number of urea groups is 1. The molecule has 0 saturated carbocycles. The van der Waals surface area contributed by atoms with E-state index in [1.54, 1.807) is 14.2 Å². The number of hydrogen-bond donors (Lipinski definition) is 2. The molecule has 0 spiro atoms. The molecule has 0 saturated heterocycles. The van der Waals surface area contributed by atoms with Crippen molar-refractivity contribution in [2.24, 2.45) is 0 Å². The van der Waals surface area contributed by atoms with Crippen LogP contribution in [-0.2, 0) is 13.0 Å². The number of amides is 2. The van der Waals surface area contributed by atoms with Crippen LogP contribution < -0.4 is 20.1 Å². The molecule has 168 valence electrons. The molecular formula is C25H35N3O3. The van der Waals surface area contributed by atoms with Crippen LogP contribution in [0.25, 0.3) is 0 Å². The van der Waals surface area contributed by atoms with Crippen molar-refractivity contribution in [2.75, 3.05) is 27.3 Å². The van der Waals surface area contributed by atoms with Crippen molar-refractivity contribution < 1.29 is 14.3 Å². The van der Waals surface area contributed by atoms with E-state index in [2.05, 4.69) is 65.8 Å². The highest BCUT2D eigenvalue weighted by molar-refractivity contribution is 5.74. The summed E-state index contributed by atoms with van der Waals surface area (Å²) in [7, 11) is 3.32. The minimum absolute atomic E-state index is 0.0245. The third-order valence-corrected chi connectivity index (χ3v) is 5.86. The molecule has 1 heterocycles. The van der Waals surface area contributed by atoms with E-state index in [1.165, 1.54) is 22.3 Å². The molecule has 2 amide bonds. The molecule has 6 nitrogen and oxygen atoms in total. The van der Waals surface area contributed by atoms with Crippen LogP contribution in [0.4, 0.5) is 4.79 Å². The molecule has 2 aromatic rings. The summed E-state index contributed by atoms with van der Waals surface area (Å²) < 4.78 is 11.1. The number of carbonyl (C=O) groups is 1. The zero-order valence-corrected chi connectivity index (χ0v) is 19.3. The Morgan fingerprint density at radius 3 is 2.61 bits per heavy atom. The molecule has 2 atom stereocenters. The number of carbonyl (C=O) groups excluding carboxylic acids is 1. The van der Waals surface area contributed by atoms with Crippen LogP contribution in [0.2, 0.25) is 0 Å². The lowest BCUT2D eigenvalue weighted by Gasteiger charge is -2.41. The molecule has 6 heteroatoms. The van der Waals surface area contributed by atoms with Gasteiger partial charge in [-0.25, -0.2) is 4.79 Å². The quantitative estimate of drug-likeness (QED) is 0.665. The standard InChI is InChI=1S/C25H35N3O3/c1-6-11-26-25(29)27-18(3)24-21-15-23(31-5)22(30-4)14-20(21)10-12-28(24)16-19-9-7-8-17(2)13-19/h7-9,13-15,18,24H,6,10-12,16H2,1-5H3,(H2,26,27,29)/t18-,24-/m0/s1. The largest absolute Gasteiger partial charge is 0.493 e. The molecular weight excluding hydrogens is 390 g/mol. The number of benzene rings is 2. The van der Waals surface area contributed by atoms with Gasteiger partial charge in [-0.05, 0) is 55.5 Å². The predicted molar refractivity (Wildman–Crippen MR) is 124 cm³/mol. The first-order valence-corrected chi connectivity index (χ1v) is 11.1. The molecule has 0 radical (unpaired) electrons. The molecule has 2 aromatic carbocycles. The highest BCUT2D eigenvalue weighted by atomic mass is 16.5. The van der Waals surface area contributed by atoms with Gasteiger partial charge in [0.25, 0.3) is 0 Å². The lowest BCUT2D eigenvalue weighted by atomic mass is 9.87. The van der Waals surface area contributed by atoms with Crippen molar-refractivity contribution in [3.8, 4) is 11.5 Å². The Hall–Kier alpha value is -2.73. The fourth-order valence-corrected chi connectivity index (χ4v) is 4.41. The van der Waals surface area contributed by atoms with Gasteiger partial charge in [0.2, 0.25) is 0 Å². The SMILES string of the molecule is CCCNC(=O)N[C@@H](C)[C@H]1c2cc(OC)c(OC)cc2CCN1Cc1cccc(C)c1. The Bertz CT molecular complexity index is 900. The molecule has 0 aliphatic carbocycles. The molecule has 0 unspecified atom stereocenters. The smallest absolute Gasteiger partial charge is 0.315 e. The van der Waals surface area contributed by atoms with Crippen LogP contribution >= 0.6 is 0 Å². The second-order valence-electron chi connectivity index (χ2n) is 8.25. The van der Waals surface area contributed by atoms with Crippen molar-refractivity contribution >= 4 is 6.03 Å². The fraction of sp³-hybridized carbons (Fsp3) is 0.480. The number of rotatable bonds is 8. The molecule has 3 rings (SSSR count). The van der Waals surface area contributed by atoms with Gasteiger partial charge in [-0.2, -0.15) is 0 Å². The maximum Gasteiger partial charge on any atom is 0.315 e. The predicted octanol–water partition coefficient (Wildman–Crippen LogP) is 4.21. The van der Waals surface area contributed by atoms with Gasteiger partial charge in [-0.3, -0.25) is 4.90 Å². The lowest BCUT2D eigenvalue weighted by molar-refractivity contribution is 0.143. The molecule has 2 N–H and O–H groups in total. The maximum absolute atomic E-state index is 12.4. The Balaban J connectivity index is 1.94. The third-order valence-electron chi connectivity index (χ3n) is 5.86. The van der Waals surface area contributed by atoms with Crippen molar-refractivity contribution in [1.29, 1.82) is 0 Å². The van der Waals surface area contributed by atoms with E-state index in [4.69, 9.17) is 9.47 Å². The second kappa shape index (κ2) is 10.5. The van der Waals surface area contributed by atoms with Gasteiger partial charge < -0.3 is 20.1 Å². The Labute approximate surface area is 185 Å². The number of methoxy groups -OCH3 is 2. The minimum atomic E-state index is -0.127. The van der Waals surface area contributed by atoms with Crippen LogP contribution in [-0.4, -0.2) is 44.3 Å². The summed E-state index contributed by atoms with van der Waals surface area (Å²) in [4.78, 5) is 14.9. The Kier molecular flexibility index (Phi) is 7.80. The van der Waals surface area contributed by atoms with Gasteiger partial charge in [-0.15, -0.1) is 0 Å². The Morgan fingerprint density at radius 1 is 1.19 bits per heavy atom. The van der Waals surface area contributed by atoms with Crippen LogP contribution in [0, 0.1) is 6.92 Å². The number of aryl methyl sites for hydroxylation is 1. The summed E-state index contributed by atoms with van der Waals surface area (Å²) in [6, 6.07) is 12.6. The molecule has 0 aromatic heterocycles. The van der Waals surface area contributed by atoms with Crippen molar-refractivity contribution in [3.05, 3.63) is 58.7 Å². The van der Waals surface area contributed by atoms with E-state index in [9.17, 15) is 4.79 Å². The summed E-state index contributed by atoms with van der Waals surface area (Å²) in [5.74, 6) is 1.46. The van der Waals surface area contributed by atoms with E-state index in [0.717, 1.165) is 31.7 Å². The van der Waals surface area contributed by atoms with Crippen molar-refractivity contribution in [1.82, 2.24) is 15.5 Å². The van der Waals surface area contributed by atoms with Gasteiger partial charge in [-0.1, -0.05) is 36.8 Å². The molecule has 31 heavy (non-hydrogen) atoms. The van der Waals surface area contributed by atoms with Crippen LogP contribution in [0.5, 0.6) is 11.5 Å². The molecule has 0 bridgehead atoms. The number of nitrogens with one attached hydrogen (secondary N) is 2. The van der Waals surface area contributed by atoms with Crippen molar-refractivity contribution in [2.45, 2.75) is 52.2 Å².